The topological polar surface area (TPSA) is 90.1 Å². The number of hydrogen-bond donors (Lipinski definition) is 2. The second-order valence-electron chi connectivity index (χ2n) is 4.26. The molecule has 0 bridgehead atoms. The standard InChI is InChI=1S/C14H16N4O2/c1-10-3-2-4-11(9-10)20-8-7-16-14(19)12-5-6-13(15)18-17-12/h2-6,9H,7-8H2,1H3,(H2,15,18)(H,16,19). The number of ether oxygens (including phenoxy) is 1. The lowest BCUT2D eigenvalue weighted by Gasteiger charge is -2.07. The molecular formula is C14H16N4O2. The second-order valence-corrected chi connectivity index (χ2v) is 4.26. The lowest BCUT2D eigenvalue weighted by atomic mass is 10.2. The van der Waals surface area contributed by atoms with Crippen molar-refractivity contribution in [3.8, 4) is 5.75 Å². The van der Waals surface area contributed by atoms with Gasteiger partial charge in [0, 0.05) is 0 Å². The van der Waals surface area contributed by atoms with Crippen LogP contribution in [0, 0.1) is 6.92 Å². The van der Waals surface area contributed by atoms with E-state index in [1.807, 2.05) is 31.2 Å². The van der Waals surface area contributed by atoms with Gasteiger partial charge in [-0.1, -0.05) is 12.1 Å². The number of nitrogen functional groups attached to an aromatic ring is 1. The molecule has 1 heterocycles. The Kier molecular flexibility index (Phi) is 4.49. The number of aromatic nitrogens is 2. The maximum absolute atomic E-state index is 11.7. The lowest BCUT2D eigenvalue weighted by molar-refractivity contribution is 0.0941. The lowest BCUT2D eigenvalue weighted by Crippen LogP contribution is -2.29. The van der Waals surface area contributed by atoms with Crippen molar-refractivity contribution in [2.45, 2.75) is 6.92 Å². The van der Waals surface area contributed by atoms with Crippen molar-refractivity contribution in [3.63, 3.8) is 0 Å². The summed E-state index contributed by atoms with van der Waals surface area (Å²) in [6, 6.07) is 10.8. The third-order valence-corrected chi connectivity index (χ3v) is 2.56. The average Bonchev–Trinajstić information content (AvgIpc) is 2.44. The summed E-state index contributed by atoms with van der Waals surface area (Å²) in [4.78, 5) is 11.7. The van der Waals surface area contributed by atoms with Crippen molar-refractivity contribution in [3.05, 3.63) is 47.7 Å². The van der Waals surface area contributed by atoms with Crippen molar-refractivity contribution in [2.24, 2.45) is 0 Å². The molecule has 1 aromatic carbocycles. The molecule has 1 amide bonds. The first-order valence-electron chi connectivity index (χ1n) is 6.22. The summed E-state index contributed by atoms with van der Waals surface area (Å²) in [7, 11) is 0. The highest BCUT2D eigenvalue weighted by molar-refractivity contribution is 5.92. The summed E-state index contributed by atoms with van der Waals surface area (Å²) < 4.78 is 5.52. The molecule has 0 unspecified atom stereocenters. The van der Waals surface area contributed by atoms with E-state index in [9.17, 15) is 4.79 Å². The number of nitrogens with one attached hydrogen (secondary N) is 1. The number of nitrogens with zero attached hydrogens (tertiary/aromatic N) is 2. The third kappa shape index (κ3) is 3.94. The summed E-state index contributed by atoms with van der Waals surface area (Å²) in [5.74, 6) is 0.765. The fourth-order valence-electron chi connectivity index (χ4n) is 1.59. The van der Waals surface area contributed by atoms with Crippen LogP contribution in [0.25, 0.3) is 0 Å². The number of benzene rings is 1. The van der Waals surface area contributed by atoms with Crippen molar-refractivity contribution in [1.82, 2.24) is 15.5 Å². The summed E-state index contributed by atoms with van der Waals surface area (Å²) >= 11 is 0. The van der Waals surface area contributed by atoms with Gasteiger partial charge in [-0.15, -0.1) is 10.2 Å². The first-order valence-corrected chi connectivity index (χ1v) is 6.22. The molecular weight excluding hydrogens is 256 g/mol. The Balaban J connectivity index is 1.76. The Hall–Kier alpha value is -2.63. The summed E-state index contributed by atoms with van der Waals surface area (Å²) in [5.41, 5.74) is 6.76. The number of anilines is 1. The van der Waals surface area contributed by atoms with Crippen molar-refractivity contribution in [1.29, 1.82) is 0 Å². The number of carbonyl (C=O) groups is 1. The Labute approximate surface area is 117 Å². The van der Waals surface area contributed by atoms with E-state index >= 15 is 0 Å². The first kappa shape index (κ1) is 13.8. The predicted octanol–water partition coefficient (Wildman–Crippen LogP) is 1.18. The number of carbonyl (C=O) groups excluding carboxylic acids is 1. The van der Waals surface area contributed by atoms with Gasteiger partial charge in [-0.25, -0.2) is 0 Å². The van der Waals surface area contributed by atoms with Crippen LogP contribution >= 0.6 is 0 Å². The van der Waals surface area contributed by atoms with Gasteiger partial charge in [0.25, 0.3) is 5.91 Å². The number of nitrogens with two attached hydrogens (primary N) is 1. The molecule has 0 fully saturated rings. The molecule has 2 aromatic rings. The smallest absolute Gasteiger partial charge is 0.271 e. The number of hydrogen-bond acceptors (Lipinski definition) is 5. The zero-order chi connectivity index (χ0) is 14.4. The molecule has 1 aromatic heterocycles. The fraction of sp³-hybridized carbons (Fsp3) is 0.214. The van der Waals surface area contributed by atoms with Crippen molar-refractivity contribution >= 4 is 11.7 Å². The SMILES string of the molecule is Cc1cccc(OCCNC(=O)c2ccc(N)nn2)c1. The zero-order valence-electron chi connectivity index (χ0n) is 11.2. The molecule has 20 heavy (non-hydrogen) atoms. The monoisotopic (exact) mass is 272 g/mol. The minimum absolute atomic E-state index is 0.231. The van der Waals surface area contributed by atoms with Gasteiger partial charge < -0.3 is 15.8 Å². The normalized spacial score (nSPS) is 10.1. The van der Waals surface area contributed by atoms with Crippen molar-refractivity contribution in [2.75, 3.05) is 18.9 Å². The molecule has 0 saturated heterocycles. The molecule has 3 N–H and O–H groups in total. The van der Waals surface area contributed by atoms with Crippen LogP contribution in [0.2, 0.25) is 0 Å². The molecule has 0 radical (unpaired) electrons. The van der Waals surface area contributed by atoms with E-state index in [2.05, 4.69) is 15.5 Å². The predicted molar refractivity (Wildman–Crippen MR) is 75.5 cm³/mol. The van der Waals surface area contributed by atoms with E-state index in [-0.39, 0.29) is 17.4 Å². The maximum atomic E-state index is 11.7. The first-order chi connectivity index (χ1) is 9.65. The molecule has 0 aliphatic heterocycles. The van der Waals surface area contributed by atoms with Gasteiger partial charge in [-0.05, 0) is 36.8 Å². The van der Waals surface area contributed by atoms with Crippen LogP contribution in [0.15, 0.2) is 36.4 Å². The highest BCUT2D eigenvalue weighted by Gasteiger charge is 2.06. The molecule has 6 nitrogen and oxygen atoms in total. The molecule has 0 aliphatic rings. The Morgan fingerprint density at radius 2 is 2.15 bits per heavy atom. The highest BCUT2D eigenvalue weighted by atomic mass is 16.5. The van der Waals surface area contributed by atoms with Gasteiger partial charge in [0.2, 0.25) is 0 Å². The van der Waals surface area contributed by atoms with Crippen molar-refractivity contribution < 1.29 is 9.53 Å². The van der Waals surface area contributed by atoms with Crippen LogP contribution in [0.5, 0.6) is 5.75 Å². The number of rotatable bonds is 5. The van der Waals surface area contributed by atoms with Crippen LogP contribution in [0.4, 0.5) is 5.82 Å². The number of aryl methyl sites for hydroxylation is 1. The molecule has 0 atom stereocenters. The molecule has 0 spiro atoms. The minimum Gasteiger partial charge on any atom is -0.492 e. The zero-order valence-corrected chi connectivity index (χ0v) is 11.2. The quantitative estimate of drug-likeness (QED) is 0.797. The van der Waals surface area contributed by atoms with Crippen LogP contribution in [-0.2, 0) is 0 Å². The van der Waals surface area contributed by atoms with Gasteiger partial charge in [-0.3, -0.25) is 4.79 Å². The van der Waals surface area contributed by atoms with Gasteiger partial charge in [0.05, 0.1) is 6.54 Å². The van der Waals surface area contributed by atoms with Gasteiger partial charge in [-0.2, -0.15) is 0 Å². The largest absolute Gasteiger partial charge is 0.492 e. The van der Waals surface area contributed by atoms with Crippen LogP contribution < -0.4 is 15.8 Å². The molecule has 2 rings (SSSR count). The summed E-state index contributed by atoms with van der Waals surface area (Å²) in [5, 5.41) is 10.0. The second kappa shape index (κ2) is 6.51. The Morgan fingerprint density at radius 3 is 2.85 bits per heavy atom. The molecule has 0 aliphatic carbocycles. The molecule has 104 valence electrons. The van der Waals surface area contributed by atoms with Crippen LogP contribution in [0.1, 0.15) is 16.1 Å². The maximum Gasteiger partial charge on any atom is 0.271 e. The third-order valence-electron chi connectivity index (χ3n) is 2.56. The van der Waals surface area contributed by atoms with E-state index in [0.29, 0.717) is 13.2 Å². The summed E-state index contributed by atoms with van der Waals surface area (Å²) in [6.07, 6.45) is 0. The van der Waals surface area contributed by atoms with E-state index in [0.717, 1.165) is 11.3 Å². The highest BCUT2D eigenvalue weighted by Crippen LogP contribution is 2.11. The van der Waals surface area contributed by atoms with E-state index in [1.54, 1.807) is 0 Å². The minimum atomic E-state index is -0.301. The summed E-state index contributed by atoms with van der Waals surface area (Å²) in [6.45, 7) is 2.77. The van der Waals surface area contributed by atoms with E-state index < -0.39 is 0 Å². The fourth-order valence-corrected chi connectivity index (χ4v) is 1.59. The van der Waals surface area contributed by atoms with Crippen LogP contribution in [0.3, 0.4) is 0 Å². The number of amides is 1. The van der Waals surface area contributed by atoms with Gasteiger partial charge in [0.15, 0.2) is 5.69 Å². The van der Waals surface area contributed by atoms with Gasteiger partial charge >= 0.3 is 0 Å². The van der Waals surface area contributed by atoms with E-state index in [4.69, 9.17) is 10.5 Å². The molecule has 0 saturated carbocycles. The Morgan fingerprint density at radius 1 is 1.30 bits per heavy atom. The molecule has 6 heteroatoms. The average molecular weight is 272 g/mol. The van der Waals surface area contributed by atoms with E-state index in [1.165, 1.54) is 12.1 Å². The Bertz CT molecular complexity index is 584. The van der Waals surface area contributed by atoms with Gasteiger partial charge in [0.1, 0.15) is 18.2 Å². The van der Waals surface area contributed by atoms with Crippen LogP contribution in [-0.4, -0.2) is 29.3 Å².